The van der Waals surface area contributed by atoms with E-state index < -0.39 is 5.97 Å². The lowest BCUT2D eigenvalue weighted by molar-refractivity contribution is 0.0518. The van der Waals surface area contributed by atoms with E-state index in [0.717, 1.165) is 0 Å². The van der Waals surface area contributed by atoms with Gasteiger partial charge in [0.15, 0.2) is 5.69 Å². The summed E-state index contributed by atoms with van der Waals surface area (Å²) in [6.45, 7) is 2.05. The first kappa shape index (κ1) is 8.45. The van der Waals surface area contributed by atoms with E-state index in [9.17, 15) is 4.79 Å². The molecule has 5 nitrogen and oxygen atoms in total. The quantitative estimate of drug-likeness (QED) is 0.638. The maximum atomic E-state index is 11.0. The SMILES string of the molecule is CCOC(=O)c1ccc(N)nn1. The molecule has 0 spiro atoms. The predicted octanol–water partition coefficient (Wildman–Crippen LogP) is 0.235. The first-order chi connectivity index (χ1) is 5.74. The standard InChI is InChI=1S/C7H9N3O2/c1-2-12-7(11)5-3-4-6(8)10-9-5/h3-4H,2H2,1H3,(H2,8,10). The van der Waals surface area contributed by atoms with Crippen LogP contribution in [0.25, 0.3) is 0 Å². The van der Waals surface area contributed by atoms with E-state index in [0.29, 0.717) is 6.61 Å². The summed E-state index contributed by atoms with van der Waals surface area (Å²) in [7, 11) is 0. The van der Waals surface area contributed by atoms with Crippen molar-refractivity contribution in [3.63, 3.8) is 0 Å². The smallest absolute Gasteiger partial charge is 0.358 e. The van der Waals surface area contributed by atoms with Crippen LogP contribution in [0.4, 0.5) is 5.82 Å². The van der Waals surface area contributed by atoms with Crippen molar-refractivity contribution in [2.75, 3.05) is 12.3 Å². The number of carbonyl (C=O) groups is 1. The Hall–Kier alpha value is -1.65. The van der Waals surface area contributed by atoms with Gasteiger partial charge in [0.2, 0.25) is 0 Å². The summed E-state index contributed by atoms with van der Waals surface area (Å²) >= 11 is 0. The fourth-order valence-electron chi connectivity index (χ4n) is 0.656. The van der Waals surface area contributed by atoms with E-state index in [-0.39, 0.29) is 11.5 Å². The molecule has 0 bridgehead atoms. The fourth-order valence-corrected chi connectivity index (χ4v) is 0.656. The van der Waals surface area contributed by atoms with Crippen LogP contribution in [0.1, 0.15) is 17.4 Å². The number of aromatic nitrogens is 2. The van der Waals surface area contributed by atoms with Gasteiger partial charge in [0.25, 0.3) is 0 Å². The molecule has 1 heterocycles. The lowest BCUT2D eigenvalue weighted by Gasteiger charge is -1.98. The predicted molar refractivity (Wildman–Crippen MR) is 42.4 cm³/mol. The molecule has 0 atom stereocenters. The molecule has 0 radical (unpaired) electrons. The molecule has 1 aromatic rings. The molecule has 1 rings (SSSR count). The van der Waals surface area contributed by atoms with E-state index in [1.807, 2.05) is 0 Å². The first-order valence-electron chi connectivity index (χ1n) is 3.50. The minimum atomic E-state index is -0.481. The maximum absolute atomic E-state index is 11.0. The summed E-state index contributed by atoms with van der Waals surface area (Å²) in [6.07, 6.45) is 0. The second-order valence-electron chi connectivity index (χ2n) is 2.06. The molecule has 0 aliphatic heterocycles. The molecule has 2 N–H and O–H groups in total. The normalized spacial score (nSPS) is 9.42. The maximum Gasteiger partial charge on any atom is 0.358 e. The van der Waals surface area contributed by atoms with Crippen LogP contribution >= 0.6 is 0 Å². The fraction of sp³-hybridized carbons (Fsp3) is 0.286. The molecular weight excluding hydrogens is 158 g/mol. The number of nitrogen functional groups attached to an aromatic ring is 1. The summed E-state index contributed by atoms with van der Waals surface area (Å²) in [5.41, 5.74) is 5.45. The van der Waals surface area contributed by atoms with E-state index in [1.54, 1.807) is 6.92 Å². The van der Waals surface area contributed by atoms with Crippen molar-refractivity contribution < 1.29 is 9.53 Å². The Labute approximate surface area is 69.5 Å². The highest BCUT2D eigenvalue weighted by Gasteiger charge is 2.07. The van der Waals surface area contributed by atoms with Crippen molar-refractivity contribution >= 4 is 11.8 Å². The lowest BCUT2D eigenvalue weighted by Crippen LogP contribution is -2.08. The van der Waals surface area contributed by atoms with Crippen molar-refractivity contribution in [2.24, 2.45) is 0 Å². The van der Waals surface area contributed by atoms with Crippen LogP contribution in [0.2, 0.25) is 0 Å². The summed E-state index contributed by atoms with van der Waals surface area (Å²) in [5, 5.41) is 7.06. The highest BCUT2D eigenvalue weighted by atomic mass is 16.5. The van der Waals surface area contributed by atoms with Crippen molar-refractivity contribution in [3.05, 3.63) is 17.8 Å². The van der Waals surface area contributed by atoms with Crippen LogP contribution in [0, 0.1) is 0 Å². The van der Waals surface area contributed by atoms with E-state index in [2.05, 4.69) is 14.9 Å². The number of nitrogens with zero attached hydrogens (tertiary/aromatic N) is 2. The van der Waals surface area contributed by atoms with Gasteiger partial charge in [0.1, 0.15) is 5.82 Å². The van der Waals surface area contributed by atoms with E-state index in [4.69, 9.17) is 5.73 Å². The average Bonchev–Trinajstić information content (AvgIpc) is 2.06. The molecule has 0 aromatic carbocycles. The van der Waals surface area contributed by atoms with Crippen LogP contribution in [0.3, 0.4) is 0 Å². The summed E-state index contributed by atoms with van der Waals surface area (Å²) in [6, 6.07) is 2.97. The Balaban J connectivity index is 2.75. The molecule has 0 unspecified atom stereocenters. The molecule has 0 fully saturated rings. The van der Waals surface area contributed by atoms with Gasteiger partial charge in [-0.1, -0.05) is 0 Å². The minimum absolute atomic E-state index is 0.172. The van der Waals surface area contributed by atoms with Crippen LogP contribution in [0.5, 0.6) is 0 Å². The highest BCUT2D eigenvalue weighted by Crippen LogP contribution is 1.98. The number of esters is 1. The van der Waals surface area contributed by atoms with E-state index >= 15 is 0 Å². The minimum Gasteiger partial charge on any atom is -0.461 e. The van der Waals surface area contributed by atoms with Crippen molar-refractivity contribution in [3.8, 4) is 0 Å². The van der Waals surface area contributed by atoms with Crippen LogP contribution in [-0.4, -0.2) is 22.8 Å². The van der Waals surface area contributed by atoms with Gasteiger partial charge in [-0.2, -0.15) is 0 Å². The molecule has 0 saturated heterocycles. The topological polar surface area (TPSA) is 78.1 Å². The second-order valence-corrected chi connectivity index (χ2v) is 2.06. The van der Waals surface area contributed by atoms with Gasteiger partial charge in [0.05, 0.1) is 6.61 Å². The number of hydrogen-bond acceptors (Lipinski definition) is 5. The second kappa shape index (κ2) is 3.66. The van der Waals surface area contributed by atoms with Gasteiger partial charge in [-0.15, -0.1) is 10.2 Å². The summed E-state index contributed by atoms with van der Waals surface area (Å²) in [4.78, 5) is 11.0. The van der Waals surface area contributed by atoms with Crippen LogP contribution in [0.15, 0.2) is 12.1 Å². The Bertz CT molecular complexity index is 270. The largest absolute Gasteiger partial charge is 0.461 e. The number of nitrogens with two attached hydrogens (primary N) is 1. The zero-order chi connectivity index (χ0) is 8.97. The van der Waals surface area contributed by atoms with Gasteiger partial charge in [0, 0.05) is 0 Å². The molecule has 1 aromatic heterocycles. The van der Waals surface area contributed by atoms with Gasteiger partial charge in [-0.3, -0.25) is 0 Å². The van der Waals surface area contributed by atoms with Crippen LogP contribution in [-0.2, 0) is 4.74 Å². The Morgan fingerprint density at radius 3 is 2.83 bits per heavy atom. The number of anilines is 1. The average molecular weight is 167 g/mol. The van der Waals surface area contributed by atoms with Gasteiger partial charge < -0.3 is 10.5 Å². The van der Waals surface area contributed by atoms with Crippen molar-refractivity contribution in [1.82, 2.24) is 10.2 Å². The Morgan fingerprint density at radius 2 is 2.33 bits per heavy atom. The van der Waals surface area contributed by atoms with Gasteiger partial charge in [-0.25, -0.2) is 4.79 Å². The lowest BCUT2D eigenvalue weighted by atomic mass is 10.4. The molecular formula is C7H9N3O2. The zero-order valence-corrected chi connectivity index (χ0v) is 6.65. The Kier molecular flexibility index (Phi) is 2.57. The molecule has 12 heavy (non-hydrogen) atoms. The number of ether oxygens (including phenoxy) is 1. The number of hydrogen-bond donors (Lipinski definition) is 1. The van der Waals surface area contributed by atoms with E-state index in [1.165, 1.54) is 12.1 Å². The third-order valence-electron chi connectivity index (χ3n) is 1.17. The molecule has 0 saturated carbocycles. The molecule has 64 valence electrons. The number of carbonyl (C=O) groups excluding carboxylic acids is 1. The molecule has 5 heteroatoms. The molecule has 0 aliphatic carbocycles. The monoisotopic (exact) mass is 167 g/mol. The Morgan fingerprint density at radius 1 is 1.58 bits per heavy atom. The first-order valence-corrected chi connectivity index (χ1v) is 3.50. The summed E-state index contributed by atoms with van der Waals surface area (Å²) in [5.74, 6) is -0.201. The molecule has 0 amide bonds. The van der Waals surface area contributed by atoms with Gasteiger partial charge in [-0.05, 0) is 19.1 Å². The number of rotatable bonds is 2. The van der Waals surface area contributed by atoms with Crippen molar-refractivity contribution in [1.29, 1.82) is 0 Å². The van der Waals surface area contributed by atoms with Gasteiger partial charge >= 0.3 is 5.97 Å². The summed E-state index contributed by atoms with van der Waals surface area (Å²) < 4.78 is 4.69. The zero-order valence-electron chi connectivity index (χ0n) is 6.65. The van der Waals surface area contributed by atoms with Crippen LogP contribution < -0.4 is 5.73 Å². The highest BCUT2D eigenvalue weighted by molar-refractivity contribution is 5.87. The third kappa shape index (κ3) is 1.91. The third-order valence-corrected chi connectivity index (χ3v) is 1.17. The molecule has 0 aliphatic rings. The van der Waals surface area contributed by atoms with Crippen molar-refractivity contribution in [2.45, 2.75) is 6.92 Å².